The molecule has 4 rings (SSSR count). The molecule has 0 aromatic carbocycles. The predicted octanol–water partition coefficient (Wildman–Crippen LogP) is 2.67. The number of urea groups is 1. The van der Waals surface area contributed by atoms with Crippen LogP contribution in [-0.4, -0.2) is 51.4 Å². The van der Waals surface area contributed by atoms with Crippen molar-refractivity contribution >= 4 is 29.0 Å². The topological polar surface area (TPSA) is 70.0 Å². The molecule has 142 valence electrons. The van der Waals surface area contributed by atoms with Crippen molar-refractivity contribution in [1.82, 2.24) is 19.6 Å². The lowest BCUT2D eigenvalue weighted by atomic mass is 10.0. The van der Waals surface area contributed by atoms with E-state index in [1.54, 1.807) is 11.1 Å². The number of aromatic nitrogens is 2. The summed E-state index contributed by atoms with van der Waals surface area (Å²) in [6.45, 7) is 7.87. The molecule has 1 saturated heterocycles. The van der Waals surface area contributed by atoms with Crippen LogP contribution in [-0.2, 0) is 4.79 Å². The number of rotatable bonds is 2. The van der Waals surface area contributed by atoms with E-state index in [0.29, 0.717) is 18.8 Å². The van der Waals surface area contributed by atoms with Crippen molar-refractivity contribution in [1.29, 1.82) is 0 Å². The largest absolute Gasteiger partial charge is 0.332 e. The van der Waals surface area contributed by atoms with Crippen LogP contribution in [0.25, 0.3) is 11.2 Å². The zero-order chi connectivity index (χ0) is 19.2. The second kappa shape index (κ2) is 6.49. The number of imidazole rings is 1. The quantitative estimate of drug-likeness (QED) is 0.886. The van der Waals surface area contributed by atoms with Gasteiger partial charge in [-0.05, 0) is 57.0 Å². The van der Waals surface area contributed by atoms with Crippen LogP contribution in [0.5, 0.6) is 0 Å². The Balaban J connectivity index is 1.69. The van der Waals surface area contributed by atoms with E-state index >= 15 is 0 Å². The fourth-order valence-corrected chi connectivity index (χ4v) is 3.77. The fraction of sp³-hybridized carbons (Fsp3) is 0.450. The highest BCUT2D eigenvalue weighted by molar-refractivity contribution is 6.06. The Labute approximate surface area is 158 Å². The van der Waals surface area contributed by atoms with Crippen molar-refractivity contribution in [3.63, 3.8) is 0 Å². The summed E-state index contributed by atoms with van der Waals surface area (Å²) in [5.74, 6) is 0.570. The molecule has 2 aliphatic rings. The van der Waals surface area contributed by atoms with Gasteiger partial charge in [-0.25, -0.2) is 9.78 Å². The number of anilines is 1. The second-order valence-electron chi connectivity index (χ2n) is 8.03. The van der Waals surface area contributed by atoms with Crippen LogP contribution in [0.15, 0.2) is 30.6 Å². The fourth-order valence-electron chi connectivity index (χ4n) is 3.77. The molecule has 1 N–H and O–H groups in total. The zero-order valence-corrected chi connectivity index (χ0v) is 16.0. The lowest BCUT2D eigenvalue weighted by molar-refractivity contribution is -0.132. The van der Waals surface area contributed by atoms with Gasteiger partial charge in [0.25, 0.3) is 0 Å². The predicted molar refractivity (Wildman–Crippen MR) is 105 cm³/mol. The van der Waals surface area contributed by atoms with E-state index in [4.69, 9.17) is 0 Å². The van der Waals surface area contributed by atoms with Gasteiger partial charge in [0.2, 0.25) is 5.91 Å². The summed E-state index contributed by atoms with van der Waals surface area (Å²) in [6, 6.07) is 3.84. The Morgan fingerprint density at radius 3 is 2.70 bits per heavy atom. The molecule has 0 unspecified atom stereocenters. The summed E-state index contributed by atoms with van der Waals surface area (Å²) in [5, 5.41) is 3.32. The molecule has 1 fully saturated rings. The smallest absolute Gasteiger partial charge is 0.313 e. The third-order valence-electron chi connectivity index (χ3n) is 5.10. The number of imide groups is 1. The Bertz CT molecular complexity index is 937. The summed E-state index contributed by atoms with van der Waals surface area (Å²) in [4.78, 5) is 32.8. The minimum atomic E-state index is -0.554. The highest BCUT2D eigenvalue weighted by Gasteiger charge is 2.40. The number of amides is 3. The Kier molecular flexibility index (Phi) is 4.26. The van der Waals surface area contributed by atoms with Crippen molar-refractivity contribution in [2.75, 3.05) is 24.5 Å². The highest BCUT2D eigenvalue weighted by Crippen LogP contribution is 2.28. The van der Waals surface area contributed by atoms with E-state index in [1.165, 1.54) is 10.5 Å². The molecule has 7 nitrogen and oxygen atoms in total. The van der Waals surface area contributed by atoms with Gasteiger partial charge in [-0.15, -0.1) is 0 Å². The number of fused-ring (bicyclic) bond motifs is 1. The van der Waals surface area contributed by atoms with Crippen molar-refractivity contribution in [2.24, 2.45) is 0 Å². The Morgan fingerprint density at radius 2 is 2.00 bits per heavy atom. The monoisotopic (exact) mass is 367 g/mol. The SMILES string of the molecule is CC(C)(C)N1C(=O)CCN(c2cnc3cc(C4=CCNCC4)ccn23)C1=O. The number of hydrogen-bond acceptors (Lipinski definition) is 4. The van der Waals surface area contributed by atoms with Gasteiger partial charge in [0.1, 0.15) is 11.5 Å². The van der Waals surface area contributed by atoms with Crippen LogP contribution in [0.2, 0.25) is 0 Å². The van der Waals surface area contributed by atoms with Crippen LogP contribution in [0, 0.1) is 0 Å². The first-order chi connectivity index (χ1) is 12.9. The van der Waals surface area contributed by atoms with E-state index in [1.807, 2.05) is 31.4 Å². The van der Waals surface area contributed by atoms with Gasteiger partial charge in [-0.3, -0.25) is 19.0 Å². The molecule has 0 aliphatic carbocycles. The molecule has 2 aromatic heterocycles. The molecule has 3 amide bonds. The first-order valence-corrected chi connectivity index (χ1v) is 9.38. The molecule has 2 aromatic rings. The molecule has 27 heavy (non-hydrogen) atoms. The molecule has 0 radical (unpaired) electrons. The third kappa shape index (κ3) is 3.12. The summed E-state index contributed by atoms with van der Waals surface area (Å²) in [6.07, 6.45) is 7.19. The number of nitrogens with one attached hydrogen (secondary N) is 1. The van der Waals surface area contributed by atoms with Crippen LogP contribution in [0.1, 0.15) is 39.2 Å². The molecule has 0 saturated carbocycles. The van der Waals surface area contributed by atoms with Crippen LogP contribution in [0.3, 0.4) is 0 Å². The van der Waals surface area contributed by atoms with Crippen LogP contribution < -0.4 is 10.2 Å². The van der Waals surface area contributed by atoms with E-state index in [-0.39, 0.29) is 11.9 Å². The molecular weight excluding hydrogens is 342 g/mol. The average molecular weight is 367 g/mol. The molecular formula is C20H25N5O2. The molecule has 4 heterocycles. The average Bonchev–Trinajstić information content (AvgIpc) is 3.04. The summed E-state index contributed by atoms with van der Waals surface area (Å²) < 4.78 is 1.92. The van der Waals surface area contributed by atoms with Crippen molar-refractivity contribution in [3.8, 4) is 0 Å². The summed E-state index contributed by atoms with van der Waals surface area (Å²) in [5.41, 5.74) is 2.73. The highest BCUT2D eigenvalue weighted by atomic mass is 16.2. The first kappa shape index (κ1) is 17.7. The van der Waals surface area contributed by atoms with Gasteiger partial charge in [-0.1, -0.05) is 6.08 Å². The first-order valence-electron chi connectivity index (χ1n) is 9.38. The number of hydrogen-bond donors (Lipinski definition) is 1. The maximum atomic E-state index is 13.0. The molecule has 2 aliphatic heterocycles. The zero-order valence-electron chi connectivity index (χ0n) is 16.0. The second-order valence-corrected chi connectivity index (χ2v) is 8.03. The molecule has 0 atom stereocenters. The lowest BCUT2D eigenvalue weighted by Gasteiger charge is -2.40. The van der Waals surface area contributed by atoms with Gasteiger partial charge in [0.05, 0.1) is 6.20 Å². The number of nitrogens with zero attached hydrogens (tertiary/aromatic N) is 4. The van der Waals surface area contributed by atoms with Crippen molar-refractivity contribution in [2.45, 2.75) is 39.2 Å². The molecule has 0 spiro atoms. The minimum absolute atomic E-state index is 0.127. The minimum Gasteiger partial charge on any atom is -0.313 e. The summed E-state index contributed by atoms with van der Waals surface area (Å²) in [7, 11) is 0. The van der Waals surface area contributed by atoms with E-state index in [9.17, 15) is 9.59 Å². The molecule has 0 bridgehead atoms. The van der Waals surface area contributed by atoms with Gasteiger partial charge < -0.3 is 5.32 Å². The van der Waals surface area contributed by atoms with Crippen LogP contribution >= 0.6 is 0 Å². The number of carbonyl (C=O) groups is 2. The third-order valence-corrected chi connectivity index (χ3v) is 5.10. The standard InChI is InChI=1S/C20H25N5O2/c1-20(2,3)25-18(26)7-11-24(19(25)27)17-13-22-16-12-15(6-10-23(16)17)14-4-8-21-9-5-14/h4,6,10,12-13,21H,5,7-9,11H2,1-3H3. The Morgan fingerprint density at radius 1 is 1.19 bits per heavy atom. The van der Waals surface area contributed by atoms with Crippen LogP contribution in [0.4, 0.5) is 10.6 Å². The van der Waals surface area contributed by atoms with Gasteiger partial charge >= 0.3 is 6.03 Å². The van der Waals surface area contributed by atoms with Gasteiger partial charge in [0, 0.05) is 31.2 Å². The van der Waals surface area contributed by atoms with E-state index in [2.05, 4.69) is 28.5 Å². The molecule has 7 heteroatoms. The normalized spacial score (nSPS) is 19.0. The van der Waals surface area contributed by atoms with Gasteiger partial charge in [-0.2, -0.15) is 0 Å². The van der Waals surface area contributed by atoms with Crippen molar-refractivity contribution in [3.05, 3.63) is 36.2 Å². The van der Waals surface area contributed by atoms with E-state index < -0.39 is 5.54 Å². The maximum absolute atomic E-state index is 13.0. The lowest BCUT2D eigenvalue weighted by Crippen LogP contribution is -2.59. The van der Waals surface area contributed by atoms with Crippen molar-refractivity contribution < 1.29 is 9.59 Å². The number of carbonyl (C=O) groups excluding carboxylic acids is 2. The summed E-state index contributed by atoms with van der Waals surface area (Å²) >= 11 is 0. The number of pyridine rings is 1. The van der Waals surface area contributed by atoms with E-state index in [0.717, 1.165) is 30.7 Å². The Hall–Kier alpha value is -2.67. The maximum Gasteiger partial charge on any atom is 0.332 e. The van der Waals surface area contributed by atoms with Gasteiger partial charge in [0.15, 0.2) is 0 Å².